The van der Waals surface area contributed by atoms with Crippen molar-refractivity contribution in [2.45, 2.75) is 39.0 Å². The molecular weight excluding hydrogens is 223 g/mol. The summed E-state index contributed by atoms with van der Waals surface area (Å²) < 4.78 is 0. The molecule has 0 unspecified atom stereocenters. The second kappa shape index (κ2) is 3.82. The van der Waals surface area contributed by atoms with Gasteiger partial charge >= 0.3 is 0 Å². The molecule has 1 heteroatoms. The van der Waals surface area contributed by atoms with E-state index in [1.165, 1.54) is 0 Å². The van der Waals surface area contributed by atoms with Crippen LogP contribution in [0.5, 0.6) is 0 Å². The number of hydrogen-bond donors (Lipinski definition) is 0. The predicted molar refractivity (Wildman–Crippen MR) is 77.3 cm³/mol. The Morgan fingerprint density at radius 3 is 1.53 bits per heavy atom. The van der Waals surface area contributed by atoms with Gasteiger partial charge in [-0.15, -0.1) is 0 Å². The molecule has 0 fully saturated rings. The number of hydrogen-bond acceptors (Lipinski definition) is 0. The van der Waals surface area contributed by atoms with Gasteiger partial charge in [-0.3, -0.25) is 0 Å². The molecule has 88 valence electrons. The van der Waals surface area contributed by atoms with Gasteiger partial charge in [0.15, 0.2) is 0 Å². The highest BCUT2D eigenvalue weighted by atomic mass is 31.1. The Morgan fingerprint density at radius 1 is 0.706 bits per heavy atom. The first kappa shape index (κ1) is 11.2. The third-order valence-electron chi connectivity index (χ3n) is 4.50. The van der Waals surface area contributed by atoms with Crippen LogP contribution in [-0.4, -0.2) is 11.3 Å². The summed E-state index contributed by atoms with van der Waals surface area (Å²) >= 11 is 0. The third kappa shape index (κ3) is 1.40. The molecule has 0 radical (unpaired) electrons. The molecule has 0 atom stereocenters. The van der Waals surface area contributed by atoms with E-state index in [0.29, 0.717) is 0 Å². The van der Waals surface area contributed by atoms with E-state index in [0.717, 1.165) is 11.3 Å². The summed E-state index contributed by atoms with van der Waals surface area (Å²) in [5.41, 5.74) is 8.05. The van der Waals surface area contributed by atoms with Gasteiger partial charge in [-0.2, -0.15) is 0 Å². The number of benzene rings is 1. The molecule has 0 spiro atoms. The van der Waals surface area contributed by atoms with Gasteiger partial charge in [-0.1, -0.05) is 60.5 Å². The lowest BCUT2D eigenvalue weighted by atomic mass is 9.89. The molecule has 0 N–H and O–H groups in total. The van der Waals surface area contributed by atoms with Crippen molar-refractivity contribution in [1.82, 2.24) is 0 Å². The topological polar surface area (TPSA) is 0 Å². The summed E-state index contributed by atoms with van der Waals surface area (Å²) in [5, 5.41) is 1.57. The van der Waals surface area contributed by atoms with E-state index < -0.39 is 0 Å². The third-order valence-corrected chi connectivity index (χ3v) is 8.05. The second-order valence-electron chi connectivity index (χ2n) is 5.28. The van der Waals surface area contributed by atoms with Crippen LogP contribution < -0.4 is 5.30 Å². The van der Waals surface area contributed by atoms with Crippen LogP contribution >= 0.6 is 7.92 Å². The monoisotopic (exact) mass is 242 g/mol. The van der Waals surface area contributed by atoms with Gasteiger partial charge in [-0.05, 0) is 33.0 Å². The fraction of sp³-hybridized carbons (Fsp3) is 0.375. The molecule has 0 saturated carbocycles. The molecule has 1 aromatic rings. The van der Waals surface area contributed by atoms with Gasteiger partial charge in [0.25, 0.3) is 0 Å². The first-order chi connectivity index (χ1) is 8.13. The maximum absolute atomic E-state index is 2.34. The van der Waals surface area contributed by atoms with Gasteiger partial charge in [0.1, 0.15) is 0 Å². The van der Waals surface area contributed by atoms with Crippen LogP contribution in [0.4, 0.5) is 0 Å². The second-order valence-corrected chi connectivity index (χ2v) is 7.64. The molecule has 2 aliphatic heterocycles. The highest BCUT2D eigenvalue weighted by Crippen LogP contribution is 2.66. The average Bonchev–Trinajstić information content (AvgIpc) is 2.75. The lowest BCUT2D eigenvalue weighted by Gasteiger charge is -2.20. The normalized spacial score (nSPS) is 31.6. The summed E-state index contributed by atoms with van der Waals surface area (Å²) in [6.07, 6.45) is 0. The molecule has 17 heavy (non-hydrogen) atoms. The molecule has 1 aromatic carbocycles. The summed E-state index contributed by atoms with van der Waals surface area (Å²) in [7, 11) is -0.0571. The fourth-order valence-corrected chi connectivity index (χ4v) is 7.29. The Kier molecular flexibility index (Phi) is 2.52. The zero-order valence-corrected chi connectivity index (χ0v) is 11.9. The van der Waals surface area contributed by atoms with Gasteiger partial charge < -0.3 is 0 Å². The quantitative estimate of drug-likeness (QED) is 0.510. The summed E-state index contributed by atoms with van der Waals surface area (Å²) in [5.74, 6) is 0. The van der Waals surface area contributed by atoms with E-state index in [1.807, 2.05) is 0 Å². The Bertz CT molecular complexity index is 468. The van der Waals surface area contributed by atoms with Gasteiger partial charge in [0.05, 0.1) is 0 Å². The molecule has 2 heterocycles. The number of fused-ring (bicyclic) bond motifs is 2. The summed E-state index contributed by atoms with van der Waals surface area (Å²) in [4.78, 5) is 0. The van der Waals surface area contributed by atoms with Crippen LogP contribution in [0.25, 0.3) is 0 Å². The molecular formula is C16H19P. The van der Waals surface area contributed by atoms with Crippen molar-refractivity contribution in [2.75, 3.05) is 0 Å². The highest BCUT2D eigenvalue weighted by Gasteiger charge is 2.46. The molecule has 0 saturated heterocycles. The molecule has 0 amide bonds. The standard InChI is InChI=1S/C16H19P/c1-10-11(2)16-13(4)12(3)15(10)17(16)14-8-6-5-7-9-14/h5-9,15-16H,1-4H3. The SMILES string of the molecule is CC1=C(C)C2C(C)=C(C)C1P2c1ccccc1. The molecule has 2 bridgehead atoms. The fourth-order valence-electron chi connectivity index (χ4n) is 3.39. The van der Waals surface area contributed by atoms with E-state index in [1.54, 1.807) is 27.6 Å². The van der Waals surface area contributed by atoms with Gasteiger partial charge in [-0.25, -0.2) is 0 Å². The van der Waals surface area contributed by atoms with Crippen molar-refractivity contribution in [3.05, 3.63) is 52.6 Å². The minimum atomic E-state index is -0.0571. The Hall–Kier alpha value is -0.870. The minimum absolute atomic E-state index is 0.0571. The molecule has 0 aromatic heterocycles. The van der Waals surface area contributed by atoms with E-state index in [2.05, 4.69) is 58.0 Å². The molecule has 0 aliphatic carbocycles. The van der Waals surface area contributed by atoms with Crippen molar-refractivity contribution < 1.29 is 0 Å². The van der Waals surface area contributed by atoms with Gasteiger partial charge in [0, 0.05) is 11.3 Å². The zero-order chi connectivity index (χ0) is 12.2. The van der Waals surface area contributed by atoms with Crippen LogP contribution in [0, 0.1) is 0 Å². The minimum Gasteiger partial charge on any atom is -0.0622 e. The van der Waals surface area contributed by atoms with Crippen LogP contribution in [0.2, 0.25) is 0 Å². The predicted octanol–water partition coefficient (Wildman–Crippen LogP) is 4.23. The van der Waals surface area contributed by atoms with Crippen molar-refractivity contribution in [3.8, 4) is 0 Å². The van der Waals surface area contributed by atoms with Crippen LogP contribution in [0.15, 0.2) is 52.6 Å². The van der Waals surface area contributed by atoms with Crippen molar-refractivity contribution in [1.29, 1.82) is 0 Å². The Labute approximate surface area is 105 Å². The molecule has 3 rings (SSSR count). The zero-order valence-electron chi connectivity index (χ0n) is 11.0. The number of allylic oxidation sites excluding steroid dienone is 4. The lowest BCUT2D eigenvalue weighted by molar-refractivity contribution is 0.994. The summed E-state index contributed by atoms with van der Waals surface area (Å²) in [6.45, 7) is 9.37. The van der Waals surface area contributed by atoms with Crippen LogP contribution in [0.1, 0.15) is 27.7 Å². The molecule has 0 nitrogen and oxygen atoms in total. The maximum Gasteiger partial charge on any atom is 0.0258 e. The lowest BCUT2D eigenvalue weighted by Crippen LogP contribution is -2.11. The van der Waals surface area contributed by atoms with Crippen molar-refractivity contribution in [3.63, 3.8) is 0 Å². The van der Waals surface area contributed by atoms with Gasteiger partial charge in [0.2, 0.25) is 0 Å². The van der Waals surface area contributed by atoms with Crippen molar-refractivity contribution >= 4 is 13.2 Å². The van der Waals surface area contributed by atoms with Crippen molar-refractivity contribution in [2.24, 2.45) is 0 Å². The van der Waals surface area contributed by atoms with E-state index in [-0.39, 0.29) is 7.92 Å². The first-order valence-electron chi connectivity index (χ1n) is 6.31. The Morgan fingerprint density at radius 2 is 1.12 bits per heavy atom. The first-order valence-corrected chi connectivity index (χ1v) is 7.79. The van der Waals surface area contributed by atoms with E-state index in [4.69, 9.17) is 0 Å². The highest BCUT2D eigenvalue weighted by molar-refractivity contribution is 7.68. The number of rotatable bonds is 1. The van der Waals surface area contributed by atoms with E-state index in [9.17, 15) is 0 Å². The summed E-state index contributed by atoms with van der Waals surface area (Å²) in [6, 6.07) is 11.1. The maximum atomic E-state index is 2.34. The van der Waals surface area contributed by atoms with E-state index >= 15 is 0 Å². The largest absolute Gasteiger partial charge is 0.0622 e. The van der Waals surface area contributed by atoms with Crippen LogP contribution in [0.3, 0.4) is 0 Å². The molecule has 2 aliphatic rings. The average molecular weight is 242 g/mol. The van der Waals surface area contributed by atoms with Crippen LogP contribution in [-0.2, 0) is 0 Å². The smallest absolute Gasteiger partial charge is 0.0258 e. The Balaban J connectivity index is 2.09.